The Morgan fingerprint density at radius 1 is 1.35 bits per heavy atom. The highest BCUT2D eigenvalue weighted by Gasteiger charge is 2.28. The Balaban J connectivity index is 2.03. The molecule has 0 spiro atoms. The van der Waals surface area contributed by atoms with E-state index in [1.54, 1.807) is 26.0 Å². The second-order valence-electron chi connectivity index (χ2n) is 5.69. The lowest BCUT2D eigenvalue weighted by Gasteiger charge is -2.20. The largest absolute Gasteiger partial charge is 0.344 e. The molecule has 0 aliphatic carbocycles. The van der Waals surface area contributed by atoms with Crippen LogP contribution in [0.1, 0.15) is 26.6 Å². The summed E-state index contributed by atoms with van der Waals surface area (Å²) in [5.74, 6) is 0.376. The molecule has 120 valence electrons. The Labute approximate surface area is 135 Å². The van der Waals surface area contributed by atoms with Gasteiger partial charge in [0.25, 0.3) is 5.89 Å². The first-order chi connectivity index (χ1) is 10.8. The highest BCUT2D eigenvalue weighted by atomic mass is 35.5. The molecule has 3 aromatic rings. The van der Waals surface area contributed by atoms with E-state index < -0.39 is 5.54 Å². The third-order valence-corrected chi connectivity index (χ3v) is 3.60. The van der Waals surface area contributed by atoms with E-state index in [1.807, 2.05) is 0 Å². The number of imidazole rings is 1. The second kappa shape index (κ2) is 5.24. The van der Waals surface area contributed by atoms with Crippen molar-refractivity contribution in [3.05, 3.63) is 33.5 Å². The van der Waals surface area contributed by atoms with E-state index in [0.29, 0.717) is 27.4 Å². The van der Waals surface area contributed by atoms with Crippen LogP contribution in [-0.4, -0.2) is 26.0 Å². The van der Waals surface area contributed by atoms with Gasteiger partial charge in [-0.25, -0.2) is 4.79 Å². The highest BCUT2D eigenvalue weighted by Crippen LogP contribution is 2.28. The van der Waals surface area contributed by atoms with Crippen LogP contribution in [0.3, 0.4) is 0 Å². The van der Waals surface area contributed by atoms with Crippen molar-refractivity contribution in [2.45, 2.75) is 26.3 Å². The van der Waals surface area contributed by atoms with Crippen LogP contribution in [0.5, 0.6) is 0 Å². The van der Waals surface area contributed by atoms with Gasteiger partial charge >= 0.3 is 5.69 Å². The number of nitrogens with zero attached hydrogens (tertiary/aromatic N) is 2. The zero-order valence-electron chi connectivity index (χ0n) is 12.7. The molecule has 9 heteroatoms. The van der Waals surface area contributed by atoms with Gasteiger partial charge in [0, 0.05) is 12.5 Å². The first-order valence-electron chi connectivity index (χ1n) is 6.81. The molecule has 0 saturated heterocycles. The van der Waals surface area contributed by atoms with Crippen molar-refractivity contribution in [1.29, 1.82) is 0 Å². The van der Waals surface area contributed by atoms with Crippen molar-refractivity contribution in [3.63, 3.8) is 0 Å². The molecule has 0 unspecified atom stereocenters. The normalized spacial score (nSPS) is 11.8. The Bertz CT molecular complexity index is 953. The molecule has 3 N–H and O–H groups in total. The minimum atomic E-state index is -0.774. The van der Waals surface area contributed by atoms with Crippen LogP contribution in [-0.2, 0) is 10.3 Å². The van der Waals surface area contributed by atoms with E-state index in [-0.39, 0.29) is 17.5 Å². The minimum absolute atomic E-state index is 0.198. The molecule has 23 heavy (non-hydrogen) atoms. The molecule has 0 bridgehead atoms. The Morgan fingerprint density at radius 3 is 2.78 bits per heavy atom. The molecule has 8 nitrogen and oxygen atoms in total. The fourth-order valence-electron chi connectivity index (χ4n) is 2.31. The standard InChI is InChI=1S/C14H14ClN5O3/c1-6(21)19-14(2,3)12-18-11(23-20-12)7-4-8(15)10-9(5-7)16-13(22)17-10/h4-5H,1-3H3,(H,19,21)(H2,16,17,22). The van der Waals surface area contributed by atoms with Crippen LogP contribution >= 0.6 is 11.6 Å². The molecule has 3 rings (SSSR count). The molecule has 0 atom stereocenters. The average Bonchev–Trinajstić information content (AvgIpc) is 3.03. The highest BCUT2D eigenvalue weighted by molar-refractivity contribution is 6.35. The van der Waals surface area contributed by atoms with E-state index in [9.17, 15) is 9.59 Å². The number of aromatic nitrogens is 4. The predicted octanol–water partition coefficient (Wildman–Crippen LogP) is 1.93. The molecule has 2 heterocycles. The average molecular weight is 336 g/mol. The van der Waals surface area contributed by atoms with Crippen molar-refractivity contribution in [3.8, 4) is 11.5 Å². The number of amides is 1. The van der Waals surface area contributed by atoms with Crippen molar-refractivity contribution < 1.29 is 9.32 Å². The van der Waals surface area contributed by atoms with Crippen LogP contribution in [0, 0.1) is 0 Å². The van der Waals surface area contributed by atoms with Gasteiger partial charge in [-0.1, -0.05) is 16.8 Å². The van der Waals surface area contributed by atoms with Crippen molar-refractivity contribution >= 4 is 28.5 Å². The summed E-state index contributed by atoms with van der Waals surface area (Å²) in [6, 6.07) is 3.30. The maximum absolute atomic E-state index is 11.4. The van der Waals surface area contributed by atoms with E-state index in [2.05, 4.69) is 25.4 Å². The maximum atomic E-state index is 11.4. The summed E-state index contributed by atoms with van der Waals surface area (Å²) in [6.45, 7) is 4.95. The van der Waals surface area contributed by atoms with Crippen LogP contribution in [0.2, 0.25) is 5.02 Å². The van der Waals surface area contributed by atoms with Gasteiger partial charge in [0.05, 0.1) is 21.6 Å². The number of rotatable bonds is 3. The summed E-state index contributed by atoms with van der Waals surface area (Å²) >= 11 is 6.15. The van der Waals surface area contributed by atoms with E-state index in [1.165, 1.54) is 6.92 Å². The molecule has 2 aromatic heterocycles. The third-order valence-electron chi connectivity index (χ3n) is 3.30. The SMILES string of the molecule is CC(=O)NC(C)(C)c1noc(-c2cc(Cl)c3[nH]c(=O)[nH]c3c2)n1. The zero-order chi connectivity index (χ0) is 16.8. The Morgan fingerprint density at radius 2 is 2.09 bits per heavy atom. The number of hydrogen-bond acceptors (Lipinski definition) is 5. The maximum Gasteiger partial charge on any atom is 0.323 e. The van der Waals surface area contributed by atoms with Gasteiger partial charge in [0.1, 0.15) is 0 Å². The van der Waals surface area contributed by atoms with Gasteiger partial charge in [-0.3, -0.25) is 4.79 Å². The number of hydrogen-bond donors (Lipinski definition) is 3. The van der Waals surface area contributed by atoms with Gasteiger partial charge in [-0.2, -0.15) is 4.98 Å². The lowest BCUT2D eigenvalue weighted by molar-refractivity contribution is -0.120. The molecular formula is C14H14ClN5O3. The summed E-state index contributed by atoms with van der Waals surface area (Å²) in [4.78, 5) is 32.2. The van der Waals surface area contributed by atoms with Gasteiger partial charge < -0.3 is 19.8 Å². The predicted molar refractivity (Wildman–Crippen MR) is 84.1 cm³/mol. The van der Waals surface area contributed by atoms with Crippen molar-refractivity contribution in [1.82, 2.24) is 25.4 Å². The van der Waals surface area contributed by atoms with Gasteiger partial charge in [0.15, 0.2) is 5.82 Å². The number of nitrogens with one attached hydrogen (secondary N) is 3. The molecule has 0 saturated carbocycles. The number of carbonyl (C=O) groups excluding carboxylic acids is 1. The number of fused-ring (bicyclic) bond motifs is 1. The van der Waals surface area contributed by atoms with E-state index >= 15 is 0 Å². The summed E-state index contributed by atoms with van der Waals surface area (Å²) in [7, 11) is 0. The quantitative estimate of drug-likeness (QED) is 0.676. The fraction of sp³-hybridized carbons (Fsp3) is 0.286. The second-order valence-corrected chi connectivity index (χ2v) is 6.10. The van der Waals surface area contributed by atoms with Crippen molar-refractivity contribution in [2.75, 3.05) is 0 Å². The van der Waals surface area contributed by atoms with E-state index in [0.717, 1.165) is 0 Å². The number of benzene rings is 1. The summed E-state index contributed by atoms with van der Waals surface area (Å²) in [5, 5.41) is 7.01. The topological polar surface area (TPSA) is 117 Å². The molecule has 0 aliphatic heterocycles. The monoisotopic (exact) mass is 335 g/mol. The minimum Gasteiger partial charge on any atom is -0.344 e. The lowest BCUT2D eigenvalue weighted by atomic mass is 10.1. The van der Waals surface area contributed by atoms with E-state index in [4.69, 9.17) is 16.1 Å². The van der Waals surface area contributed by atoms with Gasteiger partial charge in [-0.15, -0.1) is 0 Å². The third kappa shape index (κ3) is 2.85. The first-order valence-corrected chi connectivity index (χ1v) is 7.19. The number of H-pyrrole nitrogens is 2. The van der Waals surface area contributed by atoms with Crippen LogP contribution < -0.4 is 11.0 Å². The van der Waals surface area contributed by atoms with Gasteiger partial charge in [-0.05, 0) is 26.0 Å². The Hall–Kier alpha value is -2.61. The molecule has 1 amide bonds. The number of aromatic amines is 2. The molecular weight excluding hydrogens is 322 g/mol. The smallest absolute Gasteiger partial charge is 0.323 e. The van der Waals surface area contributed by atoms with Crippen LogP contribution in [0.4, 0.5) is 0 Å². The summed E-state index contributed by atoms with van der Waals surface area (Å²) in [5.41, 5.74) is 0.494. The molecule has 0 fully saturated rings. The fourth-order valence-corrected chi connectivity index (χ4v) is 2.58. The molecule has 0 radical (unpaired) electrons. The first kappa shape index (κ1) is 15.3. The number of carbonyl (C=O) groups is 1. The molecule has 0 aliphatic rings. The lowest BCUT2D eigenvalue weighted by Crippen LogP contribution is -2.40. The van der Waals surface area contributed by atoms with Crippen LogP contribution in [0.15, 0.2) is 21.5 Å². The van der Waals surface area contributed by atoms with Crippen molar-refractivity contribution in [2.24, 2.45) is 0 Å². The van der Waals surface area contributed by atoms with Crippen LogP contribution in [0.25, 0.3) is 22.5 Å². The molecule has 1 aromatic carbocycles. The Kier molecular flexibility index (Phi) is 3.48. The summed E-state index contributed by atoms with van der Waals surface area (Å²) < 4.78 is 5.26. The zero-order valence-corrected chi connectivity index (χ0v) is 13.4. The summed E-state index contributed by atoms with van der Waals surface area (Å²) in [6.07, 6.45) is 0. The van der Waals surface area contributed by atoms with Gasteiger partial charge in [0.2, 0.25) is 5.91 Å². The number of halogens is 1.